The first-order valence-corrected chi connectivity index (χ1v) is 6.32. The van der Waals surface area contributed by atoms with Gasteiger partial charge in [0.15, 0.2) is 0 Å². The van der Waals surface area contributed by atoms with Crippen molar-refractivity contribution in [3.8, 4) is 0 Å². The van der Waals surface area contributed by atoms with Crippen molar-refractivity contribution in [3.63, 3.8) is 0 Å². The summed E-state index contributed by atoms with van der Waals surface area (Å²) in [4.78, 5) is 13.5. The topological polar surface area (TPSA) is 32.3 Å². The van der Waals surface area contributed by atoms with Gasteiger partial charge in [-0.1, -0.05) is 19.8 Å². The molecule has 0 aromatic carbocycles. The fourth-order valence-corrected chi connectivity index (χ4v) is 2.02. The van der Waals surface area contributed by atoms with Gasteiger partial charge in [-0.3, -0.25) is 4.79 Å². The number of carbonyl (C=O) groups excluding carboxylic acids is 1. The first-order chi connectivity index (χ1) is 7.33. The van der Waals surface area contributed by atoms with Gasteiger partial charge in [0.2, 0.25) is 5.91 Å². The van der Waals surface area contributed by atoms with E-state index < -0.39 is 0 Å². The normalized spacial score (nSPS) is 18.5. The number of nitrogens with zero attached hydrogens (tertiary/aromatic N) is 1. The second kappa shape index (κ2) is 7.69. The highest BCUT2D eigenvalue weighted by atomic mass is 16.1. The van der Waals surface area contributed by atoms with Gasteiger partial charge >= 0.3 is 0 Å². The van der Waals surface area contributed by atoms with E-state index in [4.69, 9.17) is 0 Å². The van der Waals surface area contributed by atoms with Crippen LogP contribution in [-0.4, -0.2) is 37.0 Å². The van der Waals surface area contributed by atoms with Gasteiger partial charge in [-0.05, 0) is 38.9 Å². The summed E-state index contributed by atoms with van der Waals surface area (Å²) in [5, 5.41) is 2.92. The highest BCUT2D eigenvalue weighted by Crippen LogP contribution is 2.09. The van der Waals surface area contributed by atoms with E-state index in [0.29, 0.717) is 6.42 Å². The van der Waals surface area contributed by atoms with E-state index in [1.54, 1.807) is 0 Å². The third kappa shape index (κ3) is 5.78. The Morgan fingerprint density at radius 1 is 1.20 bits per heavy atom. The molecule has 1 N–H and O–H groups in total. The van der Waals surface area contributed by atoms with Crippen LogP contribution in [-0.2, 0) is 4.79 Å². The molecule has 0 bridgehead atoms. The Kier molecular flexibility index (Phi) is 6.41. The molecule has 1 saturated heterocycles. The number of carbonyl (C=O) groups is 1. The van der Waals surface area contributed by atoms with Crippen molar-refractivity contribution < 1.29 is 4.79 Å². The molecule has 0 aromatic heterocycles. The van der Waals surface area contributed by atoms with Crippen LogP contribution in [0.2, 0.25) is 0 Å². The summed E-state index contributed by atoms with van der Waals surface area (Å²) in [5.74, 6) is 0.172. The van der Waals surface area contributed by atoms with Crippen LogP contribution in [0.15, 0.2) is 0 Å². The first kappa shape index (κ1) is 12.5. The summed E-state index contributed by atoms with van der Waals surface area (Å²) in [5.41, 5.74) is 0. The quantitative estimate of drug-likeness (QED) is 0.705. The Bertz CT molecular complexity index is 174. The Hall–Kier alpha value is -0.570. The Balaban J connectivity index is 2.00. The minimum atomic E-state index is 0.172. The Morgan fingerprint density at radius 2 is 1.87 bits per heavy atom. The van der Waals surface area contributed by atoms with Gasteiger partial charge in [0.1, 0.15) is 0 Å². The second-order valence-corrected chi connectivity index (χ2v) is 4.31. The lowest BCUT2D eigenvalue weighted by atomic mass is 10.2. The monoisotopic (exact) mass is 212 g/mol. The second-order valence-electron chi connectivity index (χ2n) is 4.31. The summed E-state index contributed by atoms with van der Waals surface area (Å²) >= 11 is 0. The Labute approximate surface area is 93.2 Å². The van der Waals surface area contributed by atoms with Gasteiger partial charge in [0.25, 0.3) is 0 Å². The average molecular weight is 212 g/mol. The lowest BCUT2D eigenvalue weighted by molar-refractivity contribution is -0.120. The van der Waals surface area contributed by atoms with Gasteiger partial charge in [-0.15, -0.1) is 0 Å². The van der Waals surface area contributed by atoms with Gasteiger partial charge in [0, 0.05) is 13.0 Å². The van der Waals surface area contributed by atoms with E-state index in [1.807, 2.05) is 6.92 Å². The minimum Gasteiger partial charge on any atom is -0.356 e. The molecule has 0 unspecified atom stereocenters. The number of likely N-dealkylation sites (tertiary alicyclic amines) is 1. The molecule has 1 fully saturated rings. The van der Waals surface area contributed by atoms with E-state index >= 15 is 0 Å². The smallest absolute Gasteiger partial charge is 0.219 e. The SMILES string of the molecule is CCC(=O)NCCCN1CCCCCC1. The fourth-order valence-electron chi connectivity index (χ4n) is 2.02. The molecule has 0 spiro atoms. The van der Waals surface area contributed by atoms with Crippen LogP contribution < -0.4 is 5.32 Å². The van der Waals surface area contributed by atoms with Gasteiger partial charge in [-0.25, -0.2) is 0 Å². The summed E-state index contributed by atoms with van der Waals surface area (Å²) < 4.78 is 0. The maximum Gasteiger partial charge on any atom is 0.219 e. The van der Waals surface area contributed by atoms with Gasteiger partial charge in [0.05, 0.1) is 0 Å². The molecular weight excluding hydrogens is 188 g/mol. The molecule has 1 aliphatic rings. The molecular formula is C12H24N2O. The molecule has 15 heavy (non-hydrogen) atoms. The van der Waals surface area contributed by atoms with E-state index in [-0.39, 0.29) is 5.91 Å². The zero-order valence-electron chi connectivity index (χ0n) is 9.93. The molecule has 0 aromatic rings. The van der Waals surface area contributed by atoms with Crippen LogP contribution in [0, 0.1) is 0 Å². The number of hydrogen-bond acceptors (Lipinski definition) is 2. The van der Waals surface area contributed by atoms with Crippen LogP contribution in [0.3, 0.4) is 0 Å². The average Bonchev–Trinajstić information content (AvgIpc) is 2.52. The zero-order valence-corrected chi connectivity index (χ0v) is 9.93. The minimum absolute atomic E-state index is 0.172. The van der Waals surface area contributed by atoms with Crippen molar-refractivity contribution in [2.75, 3.05) is 26.2 Å². The summed E-state index contributed by atoms with van der Waals surface area (Å²) in [6, 6.07) is 0. The lowest BCUT2D eigenvalue weighted by Crippen LogP contribution is -2.30. The first-order valence-electron chi connectivity index (χ1n) is 6.32. The highest BCUT2D eigenvalue weighted by molar-refractivity contribution is 5.75. The predicted molar refractivity (Wildman–Crippen MR) is 62.8 cm³/mol. The van der Waals surface area contributed by atoms with E-state index in [1.165, 1.54) is 38.8 Å². The van der Waals surface area contributed by atoms with E-state index in [0.717, 1.165) is 19.5 Å². The number of nitrogens with one attached hydrogen (secondary N) is 1. The number of hydrogen-bond donors (Lipinski definition) is 1. The molecule has 88 valence electrons. The number of amides is 1. The molecule has 1 rings (SSSR count). The standard InChI is InChI=1S/C12H24N2O/c1-2-12(15)13-8-7-11-14-9-5-3-4-6-10-14/h2-11H2,1H3,(H,13,15). The molecule has 0 radical (unpaired) electrons. The highest BCUT2D eigenvalue weighted by Gasteiger charge is 2.07. The maximum atomic E-state index is 11.0. The van der Waals surface area contributed by atoms with Crippen molar-refractivity contribution in [1.82, 2.24) is 10.2 Å². The predicted octanol–water partition coefficient (Wildman–Crippen LogP) is 1.78. The number of rotatable bonds is 5. The summed E-state index contributed by atoms with van der Waals surface area (Å²) in [6.07, 6.45) is 7.17. The van der Waals surface area contributed by atoms with Gasteiger partial charge in [-0.2, -0.15) is 0 Å². The molecule has 1 amide bonds. The lowest BCUT2D eigenvalue weighted by Gasteiger charge is -2.19. The van der Waals surface area contributed by atoms with Gasteiger partial charge < -0.3 is 10.2 Å². The van der Waals surface area contributed by atoms with E-state index in [9.17, 15) is 4.79 Å². The Morgan fingerprint density at radius 3 is 2.47 bits per heavy atom. The molecule has 0 saturated carbocycles. The van der Waals surface area contributed by atoms with Crippen LogP contribution >= 0.6 is 0 Å². The van der Waals surface area contributed by atoms with Crippen LogP contribution in [0.1, 0.15) is 45.4 Å². The fraction of sp³-hybridized carbons (Fsp3) is 0.917. The van der Waals surface area contributed by atoms with Crippen molar-refractivity contribution in [1.29, 1.82) is 0 Å². The van der Waals surface area contributed by atoms with Crippen LogP contribution in [0.4, 0.5) is 0 Å². The third-order valence-electron chi connectivity index (χ3n) is 2.99. The molecule has 3 heteroatoms. The van der Waals surface area contributed by atoms with E-state index in [2.05, 4.69) is 10.2 Å². The molecule has 0 atom stereocenters. The maximum absolute atomic E-state index is 11.0. The van der Waals surface area contributed by atoms with Crippen LogP contribution in [0.5, 0.6) is 0 Å². The zero-order chi connectivity index (χ0) is 10.9. The van der Waals surface area contributed by atoms with Crippen molar-refractivity contribution >= 4 is 5.91 Å². The van der Waals surface area contributed by atoms with Crippen molar-refractivity contribution in [2.24, 2.45) is 0 Å². The summed E-state index contributed by atoms with van der Waals surface area (Å²) in [7, 11) is 0. The van der Waals surface area contributed by atoms with Crippen molar-refractivity contribution in [2.45, 2.75) is 45.4 Å². The molecule has 1 heterocycles. The molecule has 0 aliphatic carbocycles. The van der Waals surface area contributed by atoms with Crippen molar-refractivity contribution in [3.05, 3.63) is 0 Å². The van der Waals surface area contributed by atoms with Crippen LogP contribution in [0.25, 0.3) is 0 Å². The largest absolute Gasteiger partial charge is 0.356 e. The summed E-state index contributed by atoms with van der Waals surface area (Å²) in [6.45, 7) is 6.38. The molecule has 3 nitrogen and oxygen atoms in total. The third-order valence-corrected chi connectivity index (χ3v) is 2.99. The molecule has 1 aliphatic heterocycles.